The molecule has 0 atom stereocenters. The first-order valence-electron chi connectivity index (χ1n) is 9.49. The van der Waals surface area contributed by atoms with Crippen molar-refractivity contribution >= 4 is 23.8 Å². The molecule has 0 spiro atoms. The predicted molar refractivity (Wildman–Crippen MR) is 117 cm³/mol. The molecule has 9 nitrogen and oxygen atoms in total. The second-order valence-corrected chi connectivity index (χ2v) is 6.63. The molecule has 9 heteroatoms. The molecule has 32 heavy (non-hydrogen) atoms. The minimum atomic E-state index is -0.590. The molecule has 3 rings (SSSR count). The number of benzene rings is 3. The first-order valence-corrected chi connectivity index (χ1v) is 9.49. The van der Waals surface area contributed by atoms with Crippen molar-refractivity contribution in [2.24, 2.45) is 5.10 Å². The SMILES string of the molecule is Cc1cccc(C(=O)Oc2ccc(/C=N/NC(=O)COc3ccccc3[N+](=O)[O-])cc2)c1. The molecule has 0 unspecified atom stereocenters. The molecule has 0 aliphatic rings. The Kier molecular flexibility index (Phi) is 7.26. The zero-order chi connectivity index (χ0) is 22.9. The Morgan fingerprint density at radius 2 is 1.81 bits per heavy atom. The number of ether oxygens (including phenoxy) is 2. The van der Waals surface area contributed by atoms with E-state index in [0.717, 1.165) is 5.56 Å². The molecular formula is C23H19N3O6. The molecule has 0 bridgehead atoms. The third kappa shape index (κ3) is 6.23. The van der Waals surface area contributed by atoms with Crippen molar-refractivity contribution in [3.05, 3.63) is 99.6 Å². The minimum Gasteiger partial charge on any atom is -0.477 e. The van der Waals surface area contributed by atoms with Gasteiger partial charge in [0.2, 0.25) is 0 Å². The monoisotopic (exact) mass is 433 g/mol. The van der Waals surface area contributed by atoms with Crippen LogP contribution in [0.2, 0.25) is 0 Å². The lowest BCUT2D eigenvalue weighted by atomic mass is 10.1. The molecule has 0 fully saturated rings. The summed E-state index contributed by atoms with van der Waals surface area (Å²) in [7, 11) is 0. The number of nitro benzene ring substituents is 1. The predicted octanol–water partition coefficient (Wildman–Crippen LogP) is 3.65. The van der Waals surface area contributed by atoms with Crippen LogP contribution in [0.15, 0.2) is 77.9 Å². The number of para-hydroxylation sites is 2. The molecule has 0 aromatic heterocycles. The molecule has 0 aliphatic carbocycles. The highest BCUT2D eigenvalue weighted by Gasteiger charge is 2.14. The van der Waals surface area contributed by atoms with Gasteiger partial charge in [-0.25, -0.2) is 10.2 Å². The lowest BCUT2D eigenvalue weighted by Crippen LogP contribution is -2.24. The number of carbonyl (C=O) groups excluding carboxylic acids is 2. The fraction of sp³-hybridized carbons (Fsp3) is 0.0870. The van der Waals surface area contributed by atoms with Crippen molar-refractivity contribution in [2.75, 3.05) is 6.61 Å². The van der Waals surface area contributed by atoms with Crippen molar-refractivity contribution in [1.82, 2.24) is 5.43 Å². The Balaban J connectivity index is 1.49. The summed E-state index contributed by atoms with van der Waals surface area (Å²) in [6, 6.07) is 19.4. The van der Waals surface area contributed by atoms with Gasteiger partial charge in [-0.1, -0.05) is 29.8 Å². The summed E-state index contributed by atoms with van der Waals surface area (Å²) in [6.45, 7) is 1.46. The maximum Gasteiger partial charge on any atom is 0.343 e. The van der Waals surface area contributed by atoms with E-state index in [9.17, 15) is 19.7 Å². The Morgan fingerprint density at radius 1 is 1.06 bits per heavy atom. The quantitative estimate of drug-likeness (QED) is 0.190. The molecule has 3 aromatic rings. The van der Waals surface area contributed by atoms with E-state index in [1.165, 1.54) is 24.4 Å². The van der Waals surface area contributed by atoms with Crippen LogP contribution >= 0.6 is 0 Å². The molecule has 0 radical (unpaired) electrons. The van der Waals surface area contributed by atoms with Crippen LogP contribution in [-0.4, -0.2) is 29.6 Å². The molecule has 162 valence electrons. The normalized spacial score (nSPS) is 10.5. The first-order chi connectivity index (χ1) is 15.4. The molecule has 3 aromatic carbocycles. The van der Waals surface area contributed by atoms with Crippen LogP contribution in [0.4, 0.5) is 5.69 Å². The zero-order valence-electron chi connectivity index (χ0n) is 17.1. The first kappa shape index (κ1) is 22.2. The van der Waals surface area contributed by atoms with Gasteiger partial charge in [0.15, 0.2) is 12.4 Å². The van der Waals surface area contributed by atoms with Gasteiger partial charge < -0.3 is 9.47 Å². The summed E-state index contributed by atoms with van der Waals surface area (Å²) >= 11 is 0. The summed E-state index contributed by atoms with van der Waals surface area (Å²) in [5.41, 5.74) is 4.12. The molecule has 0 saturated heterocycles. The van der Waals surface area contributed by atoms with Gasteiger partial charge in [-0.15, -0.1) is 0 Å². The average molecular weight is 433 g/mol. The number of nitrogens with zero attached hydrogens (tertiary/aromatic N) is 2. The Labute approximate surface area is 183 Å². The van der Waals surface area contributed by atoms with Crippen LogP contribution in [0.5, 0.6) is 11.5 Å². The van der Waals surface area contributed by atoms with Gasteiger partial charge in [0, 0.05) is 6.07 Å². The number of esters is 1. The molecule has 1 N–H and O–H groups in total. The molecule has 1 amide bonds. The van der Waals surface area contributed by atoms with E-state index in [-0.39, 0.29) is 11.4 Å². The van der Waals surface area contributed by atoms with Crippen LogP contribution in [-0.2, 0) is 4.79 Å². The highest BCUT2D eigenvalue weighted by Crippen LogP contribution is 2.25. The minimum absolute atomic E-state index is 0.00701. The fourth-order valence-corrected chi connectivity index (χ4v) is 2.64. The van der Waals surface area contributed by atoms with E-state index in [1.54, 1.807) is 48.5 Å². The smallest absolute Gasteiger partial charge is 0.343 e. The number of amides is 1. The number of nitrogens with one attached hydrogen (secondary N) is 1. The van der Waals surface area contributed by atoms with E-state index >= 15 is 0 Å². The van der Waals surface area contributed by atoms with Crippen LogP contribution < -0.4 is 14.9 Å². The van der Waals surface area contributed by atoms with Gasteiger partial charge in [-0.2, -0.15) is 5.10 Å². The summed E-state index contributed by atoms with van der Waals surface area (Å²) in [4.78, 5) is 34.4. The van der Waals surface area contributed by atoms with E-state index in [2.05, 4.69) is 10.5 Å². The Bertz CT molecular complexity index is 1160. The average Bonchev–Trinajstić information content (AvgIpc) is 2.79. The standard InChI is InChI=1S/C23H19N3O6/c1-16-5-4-6-18(13-16)23(28)32-19-11-9-17(10-12-19)14-24-25-22(27)15-31-21-8-3-2-7-20(21)26(29)30/h2-14H,15H2,1H3,(H,25,27)/b24-14+. The Hall–Kier alpha value is -4.53. The summed E-state index contributed by atoms with van der Waals surface area (Å²) < 4.78 is 10.5. The summed E-state index contributed by atoms with van der Waals surface area (Å²) in [6.07, 6.45) is 1.40. The van der Waals surface area contributed by atoms with Gasteiger partial charge in [0.05, 0.1) is 16.7 Å². The highest BCUT2D eigenvalue weighted by molar-refractivity contribution is 5.91. The topological polar surface area (TPSA) is 120 Å². The van der Waals surface area contributed by atoms with Gasteiger partial charge >= 0.3 is 11.7 Å². The molecule has 0 heterocycles. The van der Waals surface area contributed by atoms with Gasteiger partial charge in [0.1, 0.15) is 5.75 Å². The molecule has 0 aliphatic heterocycles. The number of hydrogen-bond donors (Lipinski definition) is 1. The summed E-state index contributed by atoms with van der Waals surface area (Å²) in [5.74, 6) is -0.674. The molecular weight excluding hydrogens is 414 g/mol. The maximum atomic E-state index is 12.2. The van der Waals surface area contributed by atoms with Crippen LogP contribution in [0.1, 0.15) is 21.5 Å². The van der Waals surface area contributed by atoms with E-state index < -0.39 is 23.4 Å². The van der Waals surface area contributed by atoms with Gasteiger partial charge in [-0.3, -0.25) is 14.9 Å². The van der Waals surface area contributed by atoms with Crippen molar-refractivity contribution in [3.8, 4) is 11.5 Å². The summed E-state index contributed by atoms with van der Waals surface area (Å²) in [5, 5.41) is 14.8. The fourth-order valence-electron chi connectivity index (χ4n) is 2.64. The van der Waals surface area contributed by atoms with Crippen LogP contribution in [0.3, 0.4) is 0 Å². The lowest BCUT2D eigenvalue weighted by molar-refractivity contribution is -0.385. The second-order valence-electron chi connectivity index (χ2n) is 6.63. The molecule has 0 saturated carbocycles. The van der Waals surface area contributed by atoms with Crippen LogP contribution in [0.25, 0.3) is 0 Å². The lowest BCUT2D eigenvalue weighted by Gasteiger charge is -2.06. The third-order valence-corrected chi connectivity index (χ3v) is 4.17. The number of rotatable bonds is 8. The number of carbonyl (C=O) groups is 2. The van der Waals surface area contributed by atoms with E-state index in [0.29, 0.717) is 16.9 Å². The largest absolute Gasteiger partial charge is 0.477 e. The van der Waals surface area contributed by atoms with Gasteiger partial charge in [-0.05, 0) is 55.0 Å². The number of hydrogen-bond acceptors (Lipinski definition) is 7. The number of hydrazone groups is 1. The van der Waals surface area contributed by atoms with Crippen molar-refractivity contribution in [2.45, 2.75) is 6.92 Å². The third-order valence-electron chi connectivity index (χ3n) is 4.17. The van der Waals surface area contributed by atoms with Gasteiger partial charge in [0.25, 0.3) is 5.91 Å². The highest BCUT2D eigenvalue weighted by atomic mass is 16.6. The number of nitro groups is 1. The van der Waals surface area contributed by atoms with E-state index in [1.807, 2.05) is 13.0 Å². The van der Waals surface area contributed by atoms with E-state index in [4.69, 9.17) is 9.47 Å². The maximum absolute atomic E-state index is 12.2. The van der Waals surface area contributed by atoms with Crippen molar-refractivity contribution in [3.63, 3.8) is 0 Å². The second kappa shape index (κ2) is 10.5. The number of aryl methyl sites for hydroxylation is 1. The zero-order valence-corrected chi connectivity index (χ0v) is 17.1. The van der Waals surface area contributed by atoms with Crippen molar-refractivity contribution in [1.29, 1.82) is 0 Å². The van der Waals surface area contributed by atoms with Crippen LogP contribution in [0, 0.1) is 17.0 Å². The Morgan fingerprint density at radius 3 is 2.53 bits per heavy atom. The van der Waals surface area contributed by atoms with Crippen molar-refractivity contribution < 1.29 is 24.0 Å².